The number of nitrogens with zero attached hydrogens (tertiary/aromatic N) is 2. The number of rotatable bonds is 22. The molecule has 0 aliphatic rings. The van der Waals surface area contributed by atoms with Crippen molar-refractivity contribution in [3.05, 3.63) is 113 Å². The quantitative estimate of drug-likeness (QED) is 0.0518. The van der Waals surface area contributed by atoms with Crippen molar-refractivity contribution >= 4 is 57.7 Å². The van der Waals surface area contributed by atoms with E-state index < -0.39 is 0 Å². The first-order valence-electron chi connectivity index (χ1n) is 17.9. The topological polar surface area (TPSA) is 93.7 Å². The fourth-order valence-corrected chi connectivity index (χ4v) is 7.16. The third-order valence-corrected chi connectivity index (χ3v) is 10.8. The summed E-state index contributed by atoms with van der Waals surface area (Å²) >= 11 is 0. The molecule has 2 aromatic heterocycles. The minimum absolute atomic E-state index is 0.0726. The van der Waals surface area contributed by atoms with E-state index in [0.29, 0.717) is 37.4 Å². The second-order valence-corrected chi connectivity index (χ2v) is 15.0. The van der Waals surface area contributed by atoms with Crippen LogP contribution in [0, 0.1) is 6.92 Å². The fourth-order valence-electron chi connectivity index (χ4n) is 5.34. The molecule has 280 valence electrons. The van der Waals surface area contributed by atoms with E-state index in [2.05, 4.69) is 74.4 Å². The maximum atomic E-state index is 12.3. The highest BCUT2D eigenvalue weighted by molar-refractivity contribution is 8.76. The number of methoxy groups -OCH3 is 3. The molecule has 53 heavy (non-hydrogen) atoms. The van der Waals surface area contributed by atoms with Crippen LogP contribution in [0.1, 0.15) is 53.5 Å². The van der Waals surface area contributed by atoms with Crippen molar-refractivity contribution < 1.29 is 32.9 Å². The normalized spacial score (nSPS) is 11.2. The third-order valence-electron chi connectivity index (χ3n) is 8.35. The number of aromatic nitrogens is 2. The van der Waals surface area contributed by atoms with Gasteiger partial charge in [-0.1, -0.05) is 64.1 Å². The van der Waals surface area contributed by atoms with Gasteiger partial charge in [-0.15, -0.1) is 0 Å². The van der Waals surface area contributed by atoms with Crippen molar-refractivity contribution in [2.24, 2.45) is 0 Å². The van der Waals surface area contributed by atoms with E-state index in [1.807, 2.05) is 62.1 Å². The second-order valence-electron chi connectivity index (χ2n) is 12.3. The predicted molar refractivity (Wildman–Crippen MR) is 218 cm³/mol. The lowest BCUT2D eigenvalue weighted by atomic mass is 10.1. The maximum absolute atomic E-state index is 12.3. The Labute approximate surface area is 322 Å². The van der Waals surface area contributed by atoms with E-state index in [4.69, 9.17) is 14.2 Å². The Morgan fingerprint density at radius 2 is 1.02 bits per heavy atom. The van der Waals surface area contributed by atoms with Crippen molar-refractivity contribution in [3.63, 3.8) is 0 Å². The molecule has 2 amide bonds. The van der Waals surface area contributed by atoms with Crippen LogP contribution in [0.4, 0.5) is 0 Å². The molecule has 4 aromatic rings. The van der Waals surface area contributed by atoms with Gasteiger partial charge in [-0.3, -0.25) is 9.59 Å². The van der Waals surface area contributed by atoms with Gasteiger partial charge in [0.2, 0.25) is 11.8 Å². The average Bonchev–Trinajstić information content (AvgIpc) is 3.18. The largest absolute Gasteiger partial charge is 0.496 e. The van der Waals surface area contributed by atoms with E-state index in [1.165, 1.54) is 0 Å². The molecule has 0 saturated carbocycles. The molecule has 2 aromatic carbocycles. The number of amides is 2. The zero-order chi connectivity index (χ0) is 37.7. The van der Waals surface area contributed by atoms with E-state index in [9.17, 15) is 9.59 Å². The number of aryl methyl sites for hydroxylation is 3. The Morgan fingerprint density at radius 1 is 0.585 bits per heavy atom. The highest BCUT2D eigenvalue weighted by Gasteiger charge is 2.08. The summed E-state index contributed by atoms with van der Waals surface area (Å²) in [4.78, 5) is 24.6. The van der Waals surface area contributed by atoms with Crippen molar-refractivity contribution in [2.45, 2.75) is 45.7 Å². The summed E-state index contributed by atoms with van der Waals surface area (Å²) in [5.74, 6) is 4.09. The Morgan fingerprint density at radius 3 is 1.49 bits per heavy atom. The van der Waals surface area contributed by atoms with Crippen LogP contribution in [0.2, 0.25) is 0 Å². The van der Waals surface area contributed by atoms with E-state index in [-0.39, 0.29) is 11.8 Å². The highest BCUT2D eigenvalue weighted by atomic mass is 33.1. The van der Waals surface area contributed by atoms with Gasteiger partial charge in [0.25, 0.3) is 0 Å². The van der Waals surface area contributed by atoms with E-state index in [0.717, 1.165) is 71.0 Å². The monoisotopic (exact) mass is 756 g/mol. The van der Waals surface area contributed by atoms with Gasteiger partial charge < -0.3 is 24.8 Å². The van der Waals surface area contributed by atoms with Crippen LogP contribution in [0.15, 0.2) is 85.5 Å². The van der Waals surface area contributed by atoms with Gasteiger partial charge in [-0.05, 0) is 52.9 Å². The lowest BCUT2D eigenvalue weighted by molar-refractivity contribution is -0.697. The number of ether oxygens (including phenoxy) is 3. The van der Waals surface area contributed by atoms with Crippen LogP contribution in [-0.4, -0.2) is 57.7 Å². The van der Waals surface area contributed by atoms with Crippen LogP contribution < -0.4 is 34.0 Å². The third kappa shape index (κ3) is 15.0. The summed E-state index contributed by atoms with van der Waals surface area (Å²) in [6.45, 7) is 4.87. The molecule has 0 fully saturated rings. The number of hydrogen-bond acceptors (Lipinski definition) is 7. The van der Waals surface area contributed by atoms with E-state index in [1.54, 1.807) is 42.9 Å². The maximum Gasteiger partial charge on any atom is 0.220 e. The summed E-state index contributed by atoms with van der Waals surface area (Å²) in [6.07, 6.45) is 19.0. The minimum Gasteiger partial charge on any atom is -0.496 e. The number of hydrogen-bond donors (Lipinski definition) is 2. The van der Waals surface area contributed by atoms with Gasteiger partial charge in [-0.2, -0.15) is 0 Å². The first-order valence-corrected chi connectivity index (χ1v) is 20.3. The standard InChI is InChI=1S/C42H50N4O5S2/c1-33-9-10-36(31-39(33)50-3)13-11-34-17-25-45(26-18-34)23-5-7-41(47)43-21-29-52-53-30-22-44-42(48)8-6-24-46-27-19-35(20-28-46)12-14-37-15-16-38(49-2)40(32-37)51-4/h9-20,25-28,31-32H,5-8,21-24,29-30H2,1-4H3/p+2. The van der Waals surface area contributed by atoms with Crippen molar-refractivity contribution in [3.8, 4) is 17.2 Å². The fraction of sp³-hybridized carbons (Fsp3) is 0.333. The number of carbonyl (C=O) groups is 2. The van der Waals surface area contributed by atoms with Gasteiger partial charge >= 0.3 is 0 Å². The van der Waals surface area contributed by atoms with Crippen molar-refractivity contribution in [1.29, 1.82) is 0 Å². The smallest absolute Gasteiger partial charge is 0.220 e. The molecule has 0 aliphatic heterocycles. The molecule has 0 atom stereocenters. The summed E-state index contributed by atoms with van der Waals surface area (Å²) in [7, 11) is 8.37. The van der Waals surface area contributed by atoms with Crippen LogP contribution in [0.3, 0.4) is 0 Å². The Kier molecular flexibility index (Phi) is 17.8. The molecule has 11 heteroatoms. The zero-order valence-corrected chi connectivity index (χ0v) is 32.8. The van der Waals surface area contributed by atoms with Crippen LogP contribution >= 0.6 is 21.6 Å². The van der Waals surface area contributed by atoms with Gasteiger partial charge in [0.1, 0.15) is 18.8 Å². The zero-order valence-electron chi connectivity index (χ0n) is 31.2. The lowest BCUT2D eigenvalue weighted by Gasteiger charge is -2.07. The van der Waals surface area contributed by atoms with Gasteiger partial charge in [0.05, 0.1) is 21.3 Å². The SMILES string of the molecule is COc1cc(C=Cc2cc[n+](CCCC(=O)NCCSSCCNC(=O)CCC[n+]3ccc(C=Cc4ccc(OC)c(OC)c4)cc3)cc2)ccc1C. The summed E-state index contributed by atoms with van der Waals surface area (Å²) in [6, 6.07) is 20.3. The molecule has 0 radical (unpaired) electrons. The molecule has 0 bridgehead atoms. The average molecular weight is 757 g/mol. The molecule has 0 saturated heterocycles. The van der Waals surface area contributed by atoms with Gasteiger partial charge in [0, 0.05) is 74.5 Å². The van der Waals surface area contributed by atoms with Crippen LogP contribution in [-0.2, 0) is 22.7 Å². The van der Waals surface area contributed by atoms with Gasteiger partial charge in [0.15, 0.2) is 36.3 Å². The number of pyridine rings is 2. The molecule has 0 spiro atoms. The van der Waals surface area contributed by atoms with Crippen molar-refractivity contribution in [1.82, 2.24) is 10.6 Å². The molecular weight excluding hydrogens is 705 g/mol. The summed E-state index contributed by atoms with van der Waals surface area (Å²) in [5, 5.41) is 6.01. The van der Waals surface area contributed by atoms with E-state index >= 15 is 0 Å². The first-order chi connectivity index (χ1) is 25.9. The van der Waals surface area contributed by atoms with Crippen LogP contribution in [0.25, 0.3) is 24.3 Å². The molecule has 2 heterocycles. The molecule has 0 aliphatic carbocycles. The Bertz CT molecular complexity index is 1800. The molecule has 2 N–H and O–H groups in total. The first kappa shape index (κ1) is 41.0. The summed E-state index contributed by atoms with van der Waals surface area (Å²) in [5.41, 5.74) is 5.44. The molecular formula is C42H52N4O5S2+2. The molecule has 0 unspecified atom stereocenters. The van der Waals surface area contributed by atoms with Crippen molar-refractivity contribution in [2.75, 3.05) is 45.9 Å². The highest BCUT2D eigenvalue weighted by Crippen LogP contribution is 2.28. The molecule has 9 nitrogen and oxygen atoms in total. The number of benzene rings is 2. The Balaban J connectivity index is 0.979. The predicted octanol–water partition coefficient (Wildman–Crippen LogP) is 6.81. The second kappa shape index (κ2) is 23.0. The summed E-state index contributed by atoms with van der Waals surface area (Å²) < 4.78 is 20.3. The number of nitrogens with one attached hydrogen (secondary N) is 2. The van der Waals surface area contributed by atoms with Gasteiger partial charge in [-0.25, -0.2) is 9.13 Å². The Hall–Kier alpha value is -4.74. The van der Waals surface area contributed by atoms with Crippen LogP contribution in [0.5, 0.6) is 17.2 Å². The number of carbonyl (C=O) groups excluding carboxylic acids is 2. The molecule has 4 rings (SSSR count). The minimum atomic E-state index is 0.0726. The lowest BCUT2D eigenvalue weighted by Crippen LogP contribution is -2.34.